The topological polar surface area (TPSA) is 76.2 Å². The summed E-state index contributed by atoms with van der Waals surface area (Å²) in [5.41, 5.74) is 5.30. The van der Waals surface area contributed by atoms with Crippen molar-refractivity contribution in [1.82, 2.24) is 4.98 Å². The van der Waals surface area contributed by atoms with Crippen molar-refractivity contribution in [2.45, 2.75) is 0 Å². The van der Waals surface area contributed by atoms with Crippen LogP contribution < -0.4 is 5.73 Å². The van der Waals surface area contributed by atoms with Crippen LogP contribution in [0.25, 0.3) is 0 Å². The summed E-state index contributed by atoms with van der Waals surface area (Å²) in [4.78, 5) is 14.0. The predicted octanol–water partition coefficient (Wildman–Crippen LogP) is 0.967. The molecule has 1 rings (SSSR count). The van der Waals surface area contributed by atoms with Gasteiger partial charge in [0.05, 0.1) is 0 Å². The van der Waals surface area contributed by atoms with Crippen LogP contribution in [0, 0.1) is 3.57 Å². The number of pyridine rings is 1. The summed E-state index contributed by atoms with van der Waals surface area (Å²) < 4.78 is 0.771. The molecule has 5 heteroatoms. The van der Waals surface area contributed by atoms with E-state index in [9.17, 15) is 4.79 Å². The number of aromatic nitrogens is 1. The molecule has 0 atom stereocenters. The highest BCUT2D eigenvalue weighted by molar-refractivity contribution is 14.1. The number of anilines is 1. The minimum Gasteiger partial charge on any atom is -0.477 e. The van der Waals surface area contributed by atoms with Crippen LogP contribution in [0.2, 0.25) is 0 Å². The van der Waals surface area contributed by atoms with Crippen LogP contribution in [-0.2, 0) is 0 Å². The van der Waals surface area contributed by atoms with Gasteiger partial charge in [0.1, 0.15) is 5.82 Å². The highest BCUT2D eigenvalue weighted by Crippen LogP contribution is 2.09. The summed E-state index contributed by atoms with van der Waals surface area (Å²) in [6.07, 6.45) is 0. The summed E-state index contributed by atoms with van der Waals surface area (Å²) in [7, 11) is 0. The molecule has 0 bridgehead atoms. The molecule has 4 nitrogen and oxygen atoms in total. The fourth-order valence-corrected chi connectivity index (χ4v) is 1.24. The van der Waals surface area contributed by atoms with E-state index in [2.05, 4.69) is 4.98 Å². The Bertz CT molecular complexity index is 280. The molecule has 1 heterocycles. The molecule has 1 aromatic rings. The molecule has 0 fully saturated rings. The third kappa shape index (κ3) is 2.04. The lowest BCUT2D eigenvalue weighted by Gasteiger charge is -1.96. The molecule has 0 aliphatic carbocycles. The molecular formula is C6H5IN2O2. The Hall–Kier alpha value is -0.850. The van der Waals surface area contributed by atoms with Crippen molar-refractivity contribution >= 4 is 34.4 Å². The first-order valence-corrected chi connectivity index (χ1v) is 3.84. The van der Waals surface area contributed by atoms with Crippen LogP contribution in [0.5, 0.6) is 0 Å². The van der Waals surface area contributed by atoms with Gasteiger partial charge in [-0.1, -0.05) is 0 Å². The number of hydrogen-bond donors (Lipinski definition) is 2. The molecule has 11 heavy (non-hydrogen) atoms. The highest BCUT2D eigenvalue weighted by atomic mass is 127. The molecule has 0 unspecified atom stereocenters. The maximum absolute atomic E-state index is 10.4. The van der Waals surface area contributed by atoms with E-state index in [1.54, 1.807) is 6.07 Å². The van der Waals surface area contributed by atoms with E-state index < -0.39 is 5.97 Å². The van der Waals surface area contributed by atoms with Gasteiger partial charge in [-0.3, -0.25) is 0 Å². The molecule has 0 aliphatic heterocycles. The molecule has 0 spiro atoms. The van der Waals surface area contributed by atoms with Crippen LogP contribution in [-0.4, -0.2) is 16.1 Å². The van der Waals surface area contributed by atoms with Crippen LogP contribution in [0.1, 0.15) is 10.5 Å². The van der Waals surface area contributed by atoms with Crippen molar-refractivity contribution in [1.29, 1.82) is 0 Å². The Labute approximate surface area is 76.6 Å². The van der Waals surface area contributed by atoms with E-state index in [-0.39, 0.29) is 11.5 Å². The first-order valence-electron chi connectivity index (χ1n) is 2.76. The zero-order valence-electron chi connectivity index (χ0n) is 5.41. The number of carboxylic acid groups (broad SMARTS) is 1. The monoisotopic (exact) mass is 264 g/mol. The first-order chi connectivity index (χ1) is 5.09. The number of nitrogens with two attached hydrogens (primary N) is 1. The Balaban J connectivity index is 3.19. The number of nitrogen functional groups attached to an aromatic ring is 1. The van der Waals surface area contributed by atoms with Gasteiger partial charge in [-0.05, 0) is 34.7 Å². The number of halogens is 1. The Morgan fingerprint density at radius 1 is 1.64 bits per heavy atom. The summed E-state index contributed by atoms with van der Waals surface area (Å²) in [5, 5.41) is 8.51. The molecule has 3 N–H and O–H groups in total. The second-order valence-corrected chi connectivity index (χ2v) is 3.15. The van der Waals surface area contributed by atoms with E-state index in [1.807, 2.05) is 22.6 Å². The lowest BCUT2D eigenvalue weighted by Crippen LogP contribution is -2.03. The third-order valence-corrected chi connectivity index (χ3v) is 1.65. The average Bonchev–Trinajstić information content (AvgIpc) is 1.85. The van der Waals surface area contributed by atoms with E-state index in [0.717, 1.165) is 3.57 Å². The fraction of sp³-hybridized carbons (Fsp3) is 0. The van der Waals surface area contributed by atoms with E-state index in [1.165, 1.54) is 6.07 Å². The van der Waals surface area contributed by atoms with E-state index >= 15 is 0 Å². The zero-order chi connectivity index (χ0) is 8.43. The van der Waals surface area contributed by atoms with Gasteiger partial charge in [0.25, 0.3) is 0 Å². The number of nitrogens with zero attached hydrogens (tertiary/aromatic N) is 1. The normalized spacial score (nSPS) is 9.55. The summed E-state index contributed by atoms with van der Waals surface area (Å²) in [5.74, 6) is -0.829. The Kier molecular flexibility index (Phi) is 2.28. The van der Waals surface area contributed by atoms with Crippen molar-refractivity contribution in [2.24, 2.45) is 0 Å². The maximum atomic E-state index is 10.4. The second kappa shape index (κ2) is 3.04. The van der Waals surface area contributed by atoms with Gasteiger partial charge in [0.15, 0.2) is 5.69 Å². The molecule has 58 valence electrons. The second-order valence-electron chi connectivity index (χ2n) is 1.90. The lowest BCUT2D eigenvalue weighted by atomic mass is 10.3. The molecule has 0 saturated carbocycles. The molecule has 0 aliphatic rings. The number of carboxylic acids is 1. The SMILES string of the molecule is Nc1cc(I)cc(C(=O)O)n1. The minimum absolute atomic E-state index is 0.0191. The van der Waals surface area contributed by atoms with Crippen LogP contribution in [0.15, 0.2) is 12.1 Å². The lowest BCUT2D eigenvalue weighted by molar-refractivity contribution is 0.0690. The molecular weight excluding hydrogens is 259 g/mol. The number of aromatic carboxylic acids is 1. The fourth-order valence-electron chi connectivity index (χ4n) is 0.627. The molecule has 0 amide bonds. The smallest absolute Gasteiger partial charge is 0.354 e. The predicted molar refractivity (Wildman–Crippen MR) is 48.3 cm³/mol. The largest absolute Gasteiger partial charge is 0.477 e. The summed E-state index contributed by atoms with van der Waals surface area (Å²) in [6, 6.07) is 3.06. The van der Waals surface area contributed by atoms with Crippen LogP contribution >= 0.6 is 22.6 Å². The zero-order valence-corrected chi connectivity index (χ0v) is 7.57. The maximum Gasteiger partial charge on any atom is 0.354 e. The molecule has 1 aromatic heterocycles. The van der Waals surface area contributed by atoms with E-state index in [4.69, 9.17) is 10.8 Å². The van der Waals surface area contributed by atoms with Crippen molar-refractivity contribution < 1.29 is 9.90 Å². The van der Waals surface area contributed by atoms with Gasteiger partial charge in [0, 0.05) is 3.57 Å². The van der Waals surface area contributed by atoms with Gasteiger partial charge in [-0.15, -0.1) is 0 Å². The summed E-state index contributed by atoms with van der Waals surface area (Å²) in [6.45, 7) is 0. The number of hydrogen-bond acceptors (Lipinski definition) is 3. The van der Waals surface area contributed by atoms with Gasteiger partial charge in [-0.25, -0.2) is 9.78 Å². The molecule has 0 aromatic carbocycles. The molecule has 0 radical (unpaired) electrons. The molecule has 0 saturated heterocycles. The van der Waals surface area contributed by atoms with Gasteiger partial charge in [0.2, 0.25) is 0 Å². The van der Waals surface area contributed by atoms with Gasteiger partial charge >= 0.3 is 5.97 Å². The Morgan fingerprint density at radius 2 is 2.27 bits per heavy atom. The van der Waals surface area contributed by atoms with Crippen LogP contribution in [0.4, 0.5) is 5.82 Å². The number of rotatable bonds is 1. The van der Waals surface area contributed by atoms with Crippen molar-refractivity contribution in [3.63, 3.8) is 0 Å². The third-order valence-electron chi connectivity index (χ3n) is 1.03. The van der Waals surface area contributed by atoms with Crippen LogP contribution in [0.3, 0.4) is 0 Å². The van der Waals surface area contributed by atoms with Gasteiger partial charge < -0.3 is 10.8 Å². The van der Waals surface area contributed by atoms with Crippen molar-refractivity contribution in [2.75, 3.05) is 5.73 Å². The highest BCUT2D eigenvalue weighted by Gasteiger charge is 2.05. The van der Waals surface area contributed by atoms with Crippen molar-refractivity contribution in [3.8, 4) is 0 Å². The average molecular weight is 264 g/mol. The first kappa shape index (κ1) is 8.25. The van der Waals surface area contributed by atoms with Crippen molar-refractivity contribution in [3.05, 3.63) is 21.4 Å². The number of carbonyl (C=O) groups is 1. The summed E-state index contributed by atoms with van der Waals surface area (Å²) >= 11 is 1.98. The Morgan fingerprint density at radius 3 is 2.73 bits per heavy atom. The minimum atomic E-state index is -1.06. The quantitative estimate of drug-likeness (QED) is 0.741. The van der Waals surface area contributed by atoms with E-state index in [0.29, 0.717) is 0 Å². The van der Waals surface area contributed by atoms with Gasteiger partial charge in [-0.2, -0.15) is 0 Å². The standard InChI is InChI=1S/C6H5IN2O2/c7-3-1-4(6(10)11)9-5(8)2-3/h1-2H,(H2,8,9)(H,10,11).